The predicted molar refractivity (Wildman–Crippen MR) is 100 cm³/mol. The molecular weight excluding hydrogens is 502 g/mol. The first kappa shape index (κ1) is 23.8. The Bertz CT molecular complexity index is 1160. The first-order valence-electron chi connectivity index (χ1n) is 8.46. The Kier molecular flexibility index (Phi) is 6.32. The third kappa shape index (κ3) is 4.81. The molecule has 0 aliphatic carbocycles. The molecule has 2 aliphatic heterocycles. The molecule has 4 heterocycles. The van der Waals surface area contributed by atoms with Crippen molar-refractivity contribution >= 4 is 48.1 Å². The number of aliphatic hydroxyl groups excluding tert-OH is 2. The maximum atomic E-state index is 12.5. The zero-order chi connectivity index (χ0) is 23.3. The fourth-order valence-electron chi connectivity index (χ4n) is 2.85. The minimum atomic E-state index is -5.42. The van der Waals surface area contributed by atoms with E-state index in [0.29, 0.717) is 0 Å². The second-order valence-corrected chi connectivity index (χ2v) is 11.2. The standard InChI is InChI=1S/C10H15BN5O13P3/c12-8-5-9(14-2-13-8)16(3-15-5)10-7(18)6(17)4(25-10)1-24-32(23)27-11-26-30(19,20)28-31(21,22)29-32/h2-4,6-7,10-11,17-18H,1H2,(H,19,20)(H,21,22)(H2,12,13,14)/t4-,6-,7-,10-,32?/m1/s1. The molecular formula is C10H15BN5O13P3. The Morgan fingerprint density at radius 2 is 1.84 bits per heavy atom. The summed E-state index contributed by atoms with van der Waals surface area (Å²) >= 11 is 0. The van der Waals surface area contributed by atoms with Crippen molar-refractivity contribution in [1.29, 1.82) is 0 Å². The molecule has 0 aromatic carbocycles. The number of hydrogen-bond acceptors (Lipinski definition) is 15. The van der Waals surface area contributed by atoms with Crippen LogP contribution in [-0.4, -0.2) is 72.1 Å². The van der Waals surface area contributed by atoms with Crippen LogP contribution < -0.4 is 5.73 Å². The van der Waals surface area contributed by atoms with Crippen molar-refractivity contribution in [2.75, 3.05) is 12.3 Å². The number of rotatable bonds is 4. The number of aliphatic hydroxyl groups is 2. The lowest BCUT2D eigenvalue weighted by Crippen LogP contribution is -2.33. The molecule has 7 atom stereocenters. The molecule has 32 heavy (non-hydrogen) atoms. The number of nitrogen functional groups attached to an aromatic ring is 1. The number of anilines is 1. The largest absolute Gasteiger partial charge is 0.489 e. The van der Waals surface area contributed by atoms with Crippen LogP contribution >= 0.6 is 23.5 Å². The van der Waals surface area contributed by atoms with Gasteiger partial charge in [-0.3, -0.25) is 9.09 Å². The van der Waals surface area contributed by atoms with Gasteiger partial charge in [0.25, 0.3) is 0 Å². The number of aromatic nitrogens is 4. The van der Waals surface area contributed by atoms with E-state index in [1.807, 2.05) is 0 Å². The Morgan fingerprint density at radius 3 is 2.59 bits per heavy atom. The maximum Gasteiger partial charge on any atom is 0.489 e. The van der Waals surface area contributed by atoms with Crippen LogP contribution in [0.15, 0.2) is 12.7 Å². The minimum Gasteiger partial charge on any atom is -0.387 e. The van der Waals surface area contributed by atoms with E-state index in [4.69, 9.17) is 19.9 Å². The van der Waals surface area contributed by atoms with Gasteiger partial charge in [0.2, 0.25) is 0 Å². The topological polar surface area (TPSA) is 257 Å². The van der Waals surface area contributed by atoms with Gasteiger partial charge in [0.05, 0.1) is 12.9 Å². The lowest BCUT2D eigenvalue weighted by atomic mass is 10.1. The van der Waals surface area contributed by atoms with Gasteiger partial charge in [0.15, 0.2) is 17.7 Å². The van der Waals surface area contributed by atoms with Crippen LogP contribution in [0, 0.1) is 0 Å². The van der Waals surface area contributed by atoms with E-state index >= 15 is 0 Å². The highest BCUT2D eigenvalue weighted by atomic mass is 31.3. The summed E-state index contributed by atoms with van der Waals surface area (Å²) in [5.74, 6) is 0.0728. The molecule has 2 saturated heterocycles. The van der Waals surface area contributed by atoms with Gasteiger partial charge in [0.1, 0.15) is 30.2 Å². The first-order chi connectivity index (χ1) is 14.9. The van der Waals surface area contributed by atoms with E-state index in [2.05, 4.69) is 32.5 Å². The number of hydrogen-bond donors (Lipinski definition) is 5. The summed E-state index contributed by atoms with van der Waals surface area (Å²) in [6.45, 7) is -0.785. The van der Waals surface area contributed by atoms with Crippen molar-refractivity contribution in [3.05, 3.63) is 12.7 Å². The average Bonchev–Trinajstić information content (AvgIpc) is 3.21. The van der Waals surface area contributed by atoms with Gasteiger partial charge < -0.3 is 39.4 Å². The highest BCUT2D eigenvalue weighted by Gasteiger charge is 2.49. The predicted octanol–water partition coefficient (Wildman–Crippen LogP) is -1.30. The van der Waals surface area contributed by atoms with Crippen molar-refractivity contribution in [3.63, 3.8) is 0 Å². The van der Waals surface area contributed by atoms with E-state index in [0.717, 1.165) is 6.33 Å². The summed E-state index contributed by atoms with van der Waals surface area (Å²) < 4.78 is 64.1. The molecule has 0 spiro atoms. The fourth-order valence-corrected chi connectivity index (χ4v) is 6.71. The number of nitrogens with two attached hydrogens (primary N) is 1. The molecule has 2 aromatic heterocycles. The van der Waals surface area contributed by atoms with Gasteiger partial charge in [0, 0.05) is 0 Å². The second kappa shape index (κ2) is 8.49. The van der Waals surface area contributed by atoms with Gasteiger partial charge in [-0.25, -0.2) is 28.6 Å². The Balaban J connectivity index is 1.48. The van der Waals surface area contributed by atoms with Crippen LogP contribution in [0.5, 0.6) is 0 Å². The summed E-state index contributed by atoms with van der Waals surface area (Å²) in [6.07, 6.45) is -3.30. The van der Waals surface area contributed by atoms with Crippen LogP contribution in [0.1, 0.15) is 6.23 Å². The lowest BCUT2D eigenvalue weighted by Gasteiger charge is -2.25. The van der Waals surface area contributed by atoms with Gasteiger partial charge in [-0.1, -0.05) is 0 Å². The SMILES string of the molecule is Nc1ncnc2c1ncn2[C@@H]1O[C@H](COP2(=O)OBOP(=O)(O)OP(=O)(O)O2)[C@@H](O)[C@H]1O. The van der Waals surface area contributed by atoms with Crippen LogP contribution in [-0.2, 0) is 40.5 Å². The van der Waals surface area contributed by atoms with Crippen molar-refractivity contribution in [2.45, 2.75) is 24.5 Å². The average molecular weight is 517 g/mol. The number of ether oxygens (including phenoxy) is 1. The van der Waals surface area contributed by atoms with Crippen molar-refractivity contribution < 1.29 is 60.5 Å². The maximum absolute atomic E-state index is 12.5. The van der Waals surface area contributed by atoms with Gasteiger partial charge >= 0.3 is 31.2 Å². The van der Waals surface area contributed by atoms with Crippen LogP contribution in [0.3, 0.4) is 0 Å². The van der Waals surface area contributed by atoms with Crippen LogP contribution in [0.2, 0.25) is 0 Å². The second-order valence-electron chi connectivity index (χ2n) is 6.35. The summed E-state index contributed by atoms with van der Waals surface area (Å²) in [4.78, 5) is 30.4. The molecule has 22 heteroatoms. The number of nitrogens with zero attached hydrogens (tertiary/aromatic N) is 4. The number of imidazole rings is 1. The molecule has 176 valence electrons. The first-order valence-corrected chi connectivity index (χ1v) is 12.9. The molecule has 0 radical (unpaired) electrons. The van der Waals surface area contributed by atoms with Crippen molar-refractivity contribution in [1.82, 2.24) is 19.5 Å². The monoisotopic (exact) mass is 517 g/mol. The van der Waals surface area contributed by atoms with Crippen molar-refractivity contribution in [2.24, 2.45) is 0 Å². The Labute approximate surface area is 178 Å². The molecule has 0 bridgehead atoms. The fraction of sp³-hybridized carbons (Fsp3) is 0.500. The molecule has 2 fully saturated rings. The van der Waals surface area contributed by atoms with E-state index in [9.17, 15) is 28.8 Å². The quantitative estimate of drug-likeness (QED) is 0.233. The van der Waals surface area contributed by atoms with Gasteiger partial charge in [-0.15, -0.1) is 0 Å². The summed E-state index contributed by atoms with van der Waals surface area (Å²) in [7, 11) is -16.5. The summed E-state index contributed by atoms with van der Waals surface area (Å²) in [5.41, 5.74) is 6.12. The number of fused-ring (bicyclic) bond motifs is 1. The van der Waals surface area contributed by atoms with Crippen LogP contribution in [0.25, 0.3) is 11.2 Å². The third-order valence-corrected chi connectivity index (χ3v) is 8.83. The molecule has 2 aliphatic rings. The van der Waals surface area contributed by atoms with E-state index in [1.54, 1.807) is 0 Å². The van der Waals surface area contributed by atoms with Gasteiger partial charge in [-0.2, -0.15) is 8.62 Å². The molecule has 4 rings (SSSR count). The zero-order valence-corrected chi connectivity index (χ0v) is 18.2. The van der Waals surface area contributed by atoms with E-state index < -0.39 is 62.3 Å². The zero-order valence-electron chi connectivity index (χ0n) is 15.5. The van der Waals surface area contributed by atoms with Gasteiger partial charge in [-0.05, 0) is 0 Å². The Hall–Kier alpha value is -1.30. The smallest absolute Gasteiger partial charge is 0.387 e. The van der Waals surface area contributed by atoms with Crippen molar-refractivity contribution in [3.8, 4) is 0 Å². The highest BCUT2D eigenvalue weighted by molar-refractivity contribution is 7.68. The van der Waals surface area contributed by atoms with E-state index in [1.165, 1.54) is 10.9 Å². The normalized spacial score (nSPS) is 40.6. The minimum absolute atomic E-state index is 0.0728. The Morgan fingerprint density at radius 1 is 1.09 bits per heavy atom. The lowest BCUT2D eigenvalue weighted by molar-refractivity contribution is -0.0502. The number of phosphoric acid groups is 3. The third-order valence-electron chi connectivity index (χ3n) is 4.23. The molecule has 0 saturated carbocycles. The molecule has 0 amide bonds. The molecule has 18 nitrogen and oxygen atoms in total. The van der Waals surface area contributed by atoms with Crippen LogP contribution in [0.4, 0.5) is 5.82 Å². The molecule has 2 aromatic rings. The summed E-state index contributed by atoms with van der Waals surface area (Å²) in [5, 5.41) is 20.7. The molecule has 3 unspecified atom stereocenters. The highest BCUT2D eigenvalue weighted by Crippen LogP contribution is 2.71. The summed E-state index contributed by atoms with van der Waals surface area (Å²) in [6, 6.07) is 0. The molecule has 6 N–H and O–H groups in total. The van der Waals surface area contributed by atoms with E-state index in [-0.39, 0.29) is 17.0 Å².